The number of benzene rings is 1. The highest BCUT2D eigenvalue weighted by Gasteiger charge is 2.31. The summed E-state index contributed by atoms with van der Waals surface area (Å²) >= 11 is 0. The van der Waals surface area contributed by atoms with Crippen LogP contribution in [0.4, 0.5) is 5.69 Å². The van der Waals surface area contributed by atoms with Crippen molar-refractivity contribution in [3.8, 4) is 5.75 Å². The zero-order chi connectivity index (χ0) is 18.5. The van der Waals surface area contributed by atoms with E-state index in [2.05, 4.69) is 6.92 Å². The fraction of sp³-hybridized carbons (Fsp3) is 0.476. The van der Waals surface area contributed by atoms with Crippen LogP contribution in [0.1, 0.15) is 45.4 Å². The van der Waals surface area contributed by atoms with E-state index in [1.807, 2.05) is 36.4 Å². The van der Waals surface area contributed by atoms with Crippen LogP contribution in [-0.4, -0.2) is 12.1 Å². The minimum Gasteiger partial charge on any atom is -0.490 e. The van der Waals surface area contributed by atoms with Gasteiger partial charge in [-0.15, -0.1) is 0 Å². The van der Waals surface area contributed by atoms with E-state index < -0.39 is 0 Å². The zero-order valence-corrected chi connectivity index (χ0v) is 15.3. The van der Waals surface area contributed by atoms with Crippen LogP contribution in [0.5, 0.6) is 5.75 Å². The Labute approximate surface area is 155 Å². The summed E-state index contributed by atoms with van der Waals surface area (Å²) < 4.78 is 11.6. The molecule has 0 spiro atoms. The molecule has 4 N–H and O–H groups in total. The van der Waals surface area contributed by atoms with E-state index in [1.165, 1.54) is 0 Å². The lowest BCUT2D eigenvalue weighted by molar-refractivity contribution is -0.146. The summed E-state index contributed by atoms with van der Waals surface area (Å²) in [6.45, 7) is 2.10. The maximum atomic E-state index is 12.4. The second-order valence-electron chi connectivity index (χ2n) is 7.30. The molecule has 0 saturated heterocycles. The van der Waals surface area contributed by atoms with Gasteiger partial charge in [0.1, 0.15) is 11.5 Å². The van der Waals surface area contributed by atoms with Crippen molar-refractivity contribution < 1.29 is 14.3 Å². The Hall–Kier alpha value is -2.43. The number of carbonyl (C=O) groups is 1. The molecule has 1 atom stereocenters. The van der Waals surface area contributed by atoms with Crippen molar-refractivity contribution in [1.29, 1.82) is 0 Å². The molecule has 0 aromatic heterocycles. The van der Waals surface area contributed by atoms with Crippen LogP contribution in [0.2, 0.25) is 0 Å². The first-order valence-electron chi connectivity index (χ1n) is 9.40. The largest absolute Gasteiger partial charge is 0.490 e. The van der Waals surface area contributed by atoms with Crippen molar-refractivity contribution in [2.45, 2.75) is 51.6 Å². The molecule has 1 aromatic rings. The molecule has 140 valence electrons. The van der Waals surface area contributed by atoms with Gasteiger partial charge < -0.3 is 20.9 Å². The predicted octanol–water partition coefficient (Wildman–Crippen LogP) is 3.91. The number of hydrogen-bond acceptors (Lipinski definition) is 5. The number of rotatable bonds is 5. The average Bonchev–Trinajstić information content (AvgIpc) is 2.65. The van der Waals surface area contributed by atoms with Crippen LogP contribution in [0, 0.1) is 11.8 Å². The number of ether oxygens (including phenoxy) is 2. The zero-order valence-electron chi connectivity index (χ0n) is 15.3. The number of esters is 1. The van der Waals surface area contributed by atoms with Crippen LogP contribution >= 0.6 is 0 Å². The Morgan fingerprint density at radius 1 is 1.04 bits per heavy atom. The lowest BCUT2D eigenvalue weighted by Crippen LogP contribution is -2.31. The molecule has 5 nitrogen and oxygen atoms in total. The molecule has 0 heterocycles. The van der Waals surface area contributed by atoms with E-state index in [4.69, 9.17) is 20.9 Å². The molecule has 1 unspecified atom stereocenters. The monoisotopic (exact) mass is 356 g/mol. The highest BCUT2D eigenvalue weighted by molar-refractivity contribution is 5.73. The van der Waals surface area contributed by atoms with E-state index in [0.717, 1.165) is 55.0 Å². The second-order valence-corrected chi connectivity index (χ2v) is 7.30. The molecule has 2 aliphatic rings. The smallest absolute Gasteiger partial charge is 0.314 e. The minimum absolute atomic E-state index is 0.0147. The van der Waals surface area contributed by atoms with Crippen molar-refractivity contribution in [2.75, 3.05) is 5.73 Å². The number of anilines is 1. The number of allylic oxidation sites excluding steroid dienone is 4. The number of hydrogen-bond donors (Lipinski definition) is 2. The summed E-state index contributed by atoms with van der Waals surface area (Å²) in [4.78, 5) is 12.4. The topological polar surface area (TPSA) is 87.6 Å². The van der Waals surface area contributed by atoms with Crippen molar-refractivity contribution in [3.63, 3.8) is 0 Å². The second kappa shape index (κ2) is 8.30. The molecule has 0 aliphatic heterocycles. The molecule has 1 saturated carbocycles. The van der Waals surface area contributed by atoms with Gasteiger partial charge in [0, 0.05) is 17.8 Å². The van der Waals surface area contributed by atoms with Crippen molar-refractivity contribution in [3.05, 3.63) is 47.9 Å². The Balaban J connectivity index is 1.46. The highest BCUT2D eigenvalue weighted by atomic mass is 16.5. The number of carbonyl (C=O) groups excluding carboxylic acids is 1. The van der Waals surface area contributed by atoms with Crippen molar-refractivity contribution >= 4 is 11.7 Å². The quantitative estimate of drug-likeness (QED) is 0.617. The molecule has 2 aliphatic carbocycles. The van der Waals surface area contributed by atoms with Gasteiger partial charge in [0.05, 0.1) is 12.0 Å². The van der Waals surface area contributed by atoms with Crippen LogP contribution in [0.3, 0.4) is 0 Å². The standard InChI is InChI=1S/C21H28N2O3/c1-14(25-19-10-6-17(22)7-11-19)15-2-4-16(5-3-15)21(24)26-20-12-8-18(23)9-13-20/h6-8,10-12,14-16H,2-5,9,13,22-23H2,1H3. The predicted molar refractivity (Wildman–Crippen MR) is 102 cm³/mol. The lowest BCUT2D eigenvalue weighted by Gasteiger charge is -2.31. The van der Waals surface area contributed by atoms with E-state index in [0.29, 0.717) is 12.3 Å². The average molecular weight is 356 g/mol. The van der Waals surface area contributed by atoms with Gasteiger partial charge >= 0.3 is 5.97 Å². The van der Waals surface area contributed by atoms with E-state index in [-0.39, 0.29) is 18.0 Å². The maximum absolute atomic E-state index is 12.4. The third kappa shape index (κ3) is 4.81. The first-order chi connectivity index (χ1) is 12.5. The molecular weight excluding hydrogens is 328 g/mol. The normalized spacial score (nSPS) is 24.2. The fourth-order valence-electron chi connectivity index (χ4n) is 3.61. The first-order valence-corrected chi connectivity index (χ1v) is 9.40. The minimum atomic E-state index is -0.101. The summed E-state index contributed by atoms with van der Waals surface area (Å²) in [6, 6.07) is 7.48. The molecule has 0 bridgehead atoms. The van der Waals surface area contributed by atoms with E-state index in [9.17, 15) is 4.79 Å². The summed E-state index contributed by atoms with van der Waals surface area (Å²) in [6.07, 6.45) is 8.86. The Bertz CT molecular complexity index is 686. The highest BCUT2D eigenvalue weighted by Crippen LogP contribution is 2.34. The lowest BCUT2D eigenvalue weighted by atomic mass is 9.79. The molecule has 0 radical (unpaired) electrons. The summed E-state index contributed by atoms with van der Waals surface area (Å²) in [7, 11) is 0. The van der Waals surface area contributed by atoms with E-state index >= 15 is 0 Å². The van der Waals surface area contributed by atoms with Crippen LogP contribution < -0.4 is 16.2 Å². The Kier molecular flexibility index (Phi) is 5.86. The van der Waals surface area contributed by atoms with Crippen molar-refractivity contribution in [2.24, 2.45) is 17.6 Å². The molecular formula is C21H28N2O3. The van der Waals surface area contributed by atoms with Gasteiger partial charge in [-0.3, -0.25) is 4.79 Å². The van der Waals surface area contributed by atoms with Gasteiger partial charge in [-0.05, 0) is 81.4 Å². The molecule has 3 rings (SSSR count). The van der Waals surface area contributed by atoms with Gasteiger partial charge in [-0.1, -0.05) is 0 Å². The van der Waals surface area contributed by atoms with E-state index in [1.54, 1.807) is 0 Å². The Morgan fingerprint density at radius 3 is 2.35 bits per heavy atom. The van der Waals surface area contributed by atoms with Crippen LogP contribution in [0.25, 0.3) is 0 Å². The third-order valence-corrected chi connectivity index (χ3v) is 5.35. The summed E-state index contributed by atoms with van der Waals surface area (Å²) in [5, 5.41) is 0. The number of nitrogen functional groups attached to an aromatic ring is 1. The van der Waals surface area contributed by atoms with Gasteiger partial charge in [0.15, 0.2) is 0 Å². The molecule has 1 aromatic carbocycles. The van der Waals surface area contributed by atoms with Gasteiger partial charge in [0.2, 0.25) is 0 Å². The maximum Gasteiger partial charge on any atom is 0.314 e. The fourth-order valence-corrected chi connectivity index (χ4v) is 3.61. The van der Waals surface area contributed by atoms with Gasteiger partial charge in [-0.25, -0.2) is 0 Å². The Morgan fingerprint density at radius 2 is 1.73 bits per heavy atom. The SMILES string of the molecule is CC(Oc1ccc(N)cc1)C1CCC(C(=O)OC2=CC=C(N)CC2)CC1. The van der Waals surface area contributed by atoms with Gasteiger partial charge in [-0.2, -0.15) is 0 Å². The molecule has 1 fully saturated rings. The molecule has 26 heavy (non-hydrogen) atoms. The van der Waals surface area contributed by atoms with Crippen LogP contribution in [-0.2, 0) is 9.53 Å². The third-order valence-electron chi connectivity index (χ3n) is 5.35. The number of nitrogens with two attached hydrogens (primary N) is 2. The van der Waals surface area contributed by atoms with Gasteiger partial charge in [0.25, 0.3) is 0 Å². The van der Waals surface area contributed by atoms with Crippen LogP contribution in [0.15, 0.2) is 47.9 Å². The first kappa shape index (κ1) is 18.4. The summed E-state index contributed by atoms with van der Waals surface area (Å²) in [5.74, 6) is 1.90. The molecule has 5 heteroatoms. The molecule has 0 amide bonds. The van der Waals surface area contributed by atoms with Crippen molar-refractivity contribution in [1.82, 2.24) is 0 Å². The summed E-state index contributed by atoms with van der Waals surface area (Å²) in [5.41, 5.74) is 13.0.